The monoisotopic (exact) mass is 380 g/mol. The van der Waals surface area contributed by atoms with Crippen LogP contribution in [0.1, 0.15) is 23.0 Å². The Morgan fingerprint density at radius 2 is 1.17 bits per heavy atom. The van der Waals surface area contributed by atoms with E-state index >= 15 is 0 Å². The molecule has 2 aliphatic rings. The molecule has 0 spiro atoms. The van der Waals surface area contributed by atoms with Crippen LogP contribution in [0.4, 0.5) is 5.69 Å². The van der Waals surface area contributed by atoms with Crippen LogP contribution in [0.5, 0.6) is 0 Å². The molecule has 2 aromatic carbocycles. The molecule has 1 aliphatic carbocycles. The Morgan fingerprint density at radius 3 is 1.62 bits per heavy atom. The van der Waals surface area contributed by atoms with E-state index in [9.17, 15) is 9.59 Å². The molecule has 0 N–H and O–H groups in total. The summed E-state index contributed by atoms with van der Waals surface area (Å²) < 4.78 is 0. The standard InChI is InChI=1S/C25H20N2O2/c28-24-22-20(17-8-3-1-4-9-17)13-14-21(18-10-5-2-6-11-18)23(22)25(29)27(24)19-12-7-15-26-16-19/h1-16,20-23H/t20-,21-,22+,23+/m1/s1. The molecule has 1 aliphatic heterocycles. The van der Waals surface area contributed by atoms with Crippen molar-refractivity contribution >= 4 is 17.5 Å². The van der Waals surface area contributed by atoms with E-state index in [2.05, 4.69) is 17.1 Å². The van der Waals surface area contributed by atoms with Crippen LogP contribution in [0.25, 0.3) is 0 Å². The highest BCUT2D eigenvalue weighted by Gasteiger charge is 2.55. The van der Waals surface area contributed by atoms with Crippen molar-refractivity contribution in [1.82, 2.24) is 4.98 Å². The summed E-state index contributed by atoms with van der Waals surface area (Å²) in [6.45, 7) is 0. The molecule has 1 fully saturated rings. The van der Waals surface area contributed by atoms with Gasteiger partial charge in [-0.25, -0.2) is 4.90 Å². The van der Waals surface area contributed by atoms with Crippen molar-refractivity contribution < 1.29 is 9.59 Å². The predicted molar refractivity (Wildman–Crippen MR) is 111 cm³/mol. The second-order valence-electron chi connectivity index (χ2n) is 7.53. The van der Waals surface area contributed by atoms with Gasteiger partial charge in [0.2, 0.25) is 11.8 Å². The lowest BCUT2D eigenvalue weighted by atomic mass is 9.68. The highest BCUT2D eigenvalue weighted by Crippen LogP contribution is 2.49. The van der Waals surface area contributed by atoms with Gasteiger partial charge in [0.05, 0.1) is 23.7 Å². The van der Waals surface area contributed by atoms with Gasteiger partial charge in [-0.15, -0.1) is 0 Å². The molecule has 2 amide bonds. The first-order chi connectivity index (χ1) is 14.3. The van der Waals surface area contributed by atoms with Crippen LogP contribution >= 0.6 is 0 Å². The fraction of sp³-hybridized carbons (Fsp3) is 0.160. The first-order valence-corrected chi connectivity index (χ1v) is 9.82. The Labute approximate surface area is 169 Å². The summed E-state index contributed by atoms with van der Waals surface area (Å²) in [4.78, 5) is 32.6. The number of allylic oxidation sites excluding steroid dienone is 2. The zero-order valence-electron chi connectivity index (χ0n) is 15.8. The number of amides is 2. The maximum Gasteiger partial charge on any atom is 0.238 e. The number of benzene rings is 2. The first kappa shape index (κ1) is 17.6. The van der Waals surface area contributed by atoms with Gasteiger partial charge in [-0.2, -0.15) is 0 Å². The number of aromatic nitrogens is 1. The molecule has 3 aromatic rings. The zero-order chi connectivity index (χ0) is 19.8. The van der Waals surface area contributed by atoms with Crippen LogP contribution in [-0.2, 0) is 9.59 Å². The Morgan fingerprint density at radius 1 is 0.655 bits per heavy atom. The minimum absolute atomic E-state index is 0.126. The molecule has 4 nitrogen and oxygen atoms in total. The molecule has 142 valence electrons. The quantitative estimate of drug-likeness (QED) is 0.502. The summed E-state index contributed by atoms with van der Waals surface area (Å²) >= 11 is 0. The van der Waals surface area contributed by atoms with Crippen LogP contribution in [-0.4, -0.2) is 16.8 Å². The van der Waals surface area contributed by atoms with Crippen molar-refractivity contribution in [3.63, 3.8) is 0 Å². The second kappa shape index (κ2) is 7.13. The Bertz CT molecular complexity index is 996. The SMILES string of the molecule is O=C1[C@@H]2[C@@H](C(=O)N1c1cccnc1)[C@@H](c1ccccc1)C=C[C@@H]2c1ccccc1. The molecule has 4 atom stereocenters. The largest absolute Gasteiger partial charge is 0.274 e. The fourth-order valence-corrected chi connectivity index (χ4v) is 4.67. The first-order valence-electron chi connectivity index (χ1n) is 9.82. The van der Waals surface area contributed by atoms with E-state index in [0.717, 1.165) is 11.1 Å². The number of carbonyl (C=O) groups excluding carboxylic acids is 2. The number of fused-ring (bicyclic) bond motifs is 1. The van der Waals surface area contributed by atoms with E-state index in [1.54, 1.807) is 24.5 Å². The third-order valence-corrected chi connectivity index (χ3v) is 5.97. The molecule has 2 heterocycles. The summed E-state index contributed by atoms with van der Waals surface area (Å²) in [5.41, 5.74) is 2.65. The van der Waals surface area contributed by atoms with Crippen molar-refractivity contribution in [3.05, 3.63) is 108 Å². The molecular weight excluding hydrogens is 360 g/mol. The van der Waals surface area contributed by atoms with Crippen molar-refractivity contribution in [3.8, 4) is 0 Å². The molecule has 0 bridgehead atoms. The number of carbonyl (C=O) groups is 2. The van der Waals surface area contributed by atoms with E-state index in [0.29, 0.717) is 5.69 Å². The Hall–Kier alpha value is -3.53. The number of hydrogen-bond donors (Lipinski definition) is 0. The van der Waals surface area contributed by atoms with Gasteiger partial charge in [0, 0.05) is 18.0 Å². The Kier molecular flexibility index (Phi) is 4.32. The van der Waals surface area contributed by atoms with Crippen molar-refractivity contribution in [2.24, 2.45) is 11.8 Å². The highest BCUT2D eigenvalue weighted by atomic mass is 16.2. The van der Waals surface area contributed by atoms with E-state index in [-0.39, 0.29) is 23.7 Å². The number of imide groups is 1. The maximum atomic E-state index is 13.6. The zero-order valence-corrected chi connectivity index (χ0v) is 15.8. The second-order valence-corrected chi connectivity index (χ2v) is 7.53. The molecule has 29 heavy (non-hydrogen) atoms. The molecule has 0 saturated carbocycles. The molecule has 5 rings (SSSR count). The highest BCUT2D eigenvalue weighted by molar-refractivity contribution is 6.22. The maximum absolute atomic E-state index is 13.6. The van der Waals surface area contributed by atoms with Gasteiger partial charge in [0.15, 0.2) is 0 Å². The van der Waals surface area contributed by atoms with Crippen LogP contribution in [0.2, 0.25) is 0 Å². The molecule has 1 saturated heterocycles. The van der Waals surface area contributed by atoms with Gasteiger partial charge in [-0.3, -0.25) is 14.6 Å². The molecule has 0 unspecified atom stereocenters. The fourth-order valence-electron chi connectivity index (χ4n) is 4.67. The van der Waals surface area contributed by atoms with E-state index < -0.39 is 11.8 Å². The number of rotatable bonds is 3. The molecule has 1 aromatic heterocycles. The average Bonchev–Trinajstić information content (AvgIpc) is 3.06. The topological polar surface area (TPSA) is 50.3 Å². The lowest BCUT2D eigenvalue weighted by Crippen LogP contribution is -2.31. The number of anilines is 1. The van der Waals surface area contributed by atoms with E-state index in [1.807, 2.05) is 60.7 Å². The number of pyridine rings is 1. The summed E-state index contributed by atoms with van der Waals surface area (Å²) in [6.07, 6.45) is 7.43. The molecular formula is C25H20N2O2. The summed E-state index contributed by atoms with van der Waals surface area (Å²) in [5, 5.41) is 0. The number of nitrogens with zero attached hydrogens (tertiary/aromatic N) is 2. The Balaban J connectivity index is 1.64. The minimum atomic E-state index is -0.430. The van der Waals surface area contributed by atoms with Gasteiger partial charge in [-0.05, 0) is 23.3 Å². The van der Waals surface area contributed by atoms with Crippen molar-refractivity contribution in [2.45, 2.75) is 11.8 Å². The summed E-state index contributed by atoms with van der Waals surface area (Å²) in [7, 11) is 0. The van der Waals surface area contributed by atoms with Gasteiger partial charge in [0.25, 0.3) is 0 Å². The molecule has 0 radical (unpaired) electrons. The van der Waals surface area contributed by atoms with Crippen LogP contribution in [0, 0.1) is 11.8 Å². The third kappa shape index (κ3) is 2.88. The van der Waals surface area contributed by atoms with Gasteiger partial charge in [-0.1, -0.05) is 72.8 Å². The van der Waals surface area contributed by atoms with Crippen molar-refractivity contribution in [1.29, 1.82) is 0 Å². The lowest BCUT2D eigenvalue weighted by Gasteiger charge is -2.32. The smallest absolute Gasteiger partial charge is 0.238 e. The normalized spacial score (nSPS) is 25.9. The van der Waals surface area contributed by atoms with Crippen LogP contribution in [0.15, 0.2) is 97.3 Å². The lowest BCUT2D eigenvalue weighted by molar-refractivity contribution is -0.122. The van der Waals surface area contributed by atoms with Gasteiger partial charge in [0.1, 0.15) is 0 Å². The van der Waals surface area contributed by atoms with Crippen molar-refractivity contribution in [2.75, 3.05) is 4.90 Å². The third-order valence-electron chi connectivity index (χ3n) is 5.97. The summed E-state index contributed by atoms with van der Waals surface area (Å²) in [6, 6.07) is 23.4. The predicted octanol–water partition coefficient (Wildman–Crippen LogP) is 4.32. The van der Waals surface area contributed by atoms with Crippen LogP contribution < -0.4 is 4.90 Å². The van der Waals surface area contributed by atoms with E-state index in [4.69, 9.17) is 0 Å². The van der Waals surface area contributed by atoms with Gasteiger partial charge < -0.3 is 0 Å². The number of hydrogen-bond acceptors (Lipinski definition) is 3. The van der Waals surface area contributed by atoms with Crippen LogP contribution in [0.3, 0.4) is 0 Å². The molecule has 4 heteroatoms. The minimum Gasteiger partial charge on any atom is -0.274 e. The summed E-state index contributed by atoms with van der Waals surface area (Å²) in [5.74, 6) is -1.40. The van der Waals surface area contributed by atoms with E-state index in [1.165, 1.54) is 4.90 Å². The van der Waals surface area contributed by atoms with Gasteiger partial charge >= 0.3 is 0 Å². The average molecular weight is 380 g/mol.